The van der Waals surface area contributed by atoms with Gasteiger partial charge in [-0.05, 0) is 60.7 Å². The highest BCUT2D eigenvalue weighted by Crippen LogP contribution is 2.23. The normalized spacial score (nSPS) is 11.1. The Kier molecular flexibility index (Phi) is 7.34. The molecule has 0 saturated carbocycles. The summed E-state index contributed by atoms with van der Waals surface area (Å²) in [5.74, 6) is -0.683. The smallest absolute Gasteiger partial charge is 0.224 e. The van der Waals surface area contributed by atoms with Crippen LogP contribution >= 0.6 is 12.4 Å². The molecule has 0 saturated heterocycles. The first kappa shape index (κ1) is 27.6. The van der Waals surface area contributed by atoms with Crippen molar-refractivity contribution in [2.24, 2.45) is 14.1 Å². The van der Waals surface area contributed by atoms with E-state index in [2.05, 4.69) is 10.6 Å². The Morgan fingerprint density at radius 2 is 0.927 bits per heavy atom. The molecule has 8 nitrogen and oxygen atoms in total. The first-order chi connectivity index (χ1) is 19.3. The Morgan fingerprint density at radius 1 is 0.561 bits per heavy atom. The number of hydrogen-bond donors (Lipinski definition) is 2. The molecule has 0 aliphatic heterocycles. The Morgan fingerprint density at radius 3 is 1.34 bits per heavy atom. The fourth-order valence-electron chi connectivity index (χ4n) is 5.32. The quantitative estimate of drug-likeness (QED) is 0.270. The number of hydrogen-bond acceptors (Lipinski definition) is 4. The minimum atomic E-state index is -0.342. The van der Waals surface area contributed by atoms with Gasteiger partial charge < -0.3 is 19.8 Å². The molecule has 2 aromatic heterocycles. The predicted octanol–water partition coefficient (Wildman–Crippen LogP) is 5.48. The van der Waals surface area contributed by atoms with Gasteiger partial charge in [-0.2, -0.15) is 0 Å². The van der Waals surface area contributed by atoms with Crippen LogP contribution in [0, 0.1) is 0 Å². The number of aryl methyl sites for hydroxylation is 2. The number of amides is 2. The molecule has 0 unspecified atom stereocenters. The number of carbonyl (C=O) groups is 2. The number of nitrogens with zero attached hydrogens (tertiary/aromatic N) is 2. The van der Waals surface area contributed by atoms with E-state index in [0.29, 0.717) is 32.9 Å². The van der Waals surface area contributed by atoms with Crippen molar-refractivity contribution in [3.63, 3.8) is 0 Å². The number of para-hydroxylation sites is 2. The number of nitrogens with one attached hydrogen (secondary N) is 2. The molecule has 41 heavy (non-hydrogen) atoms. The van der Waals surface area contributed by atoms with E-state index in [-0.39, 0.29) is 47.9 Å². The fraction of sp³-hybridized carbons (Fsp3) is 0.125. The first-order valence-electron chi connectivity index (χ1n) is 12.9. The second-order valence-electron chi connectivity index (χ2n) is 9.87. The minimum Gasteiger partial charge on any atom is -0.343 e. The van der Waals surface area contributed by atoms with E-state index in [1.807, 2.05) is 59.6 Å². The number of rotatable bonds is 5. The zero-order valence-electron chi connectivity index (χ0n) is 22.4. The lowest BCUT2D eigenvalue weighted by Crippen LogP contribution is -2.18. The molecule has 0 fully saturated rings. The maximum Gasteiger partial charge on any atom is 0.224 e. The average Bonchev–Trinajstić information content (AvgIpc) is 2.97. The molecular weight excluding hydrogens is 540 g/mol. The van der Waals surface area contributed by atoms with Gasteiger partial charge in [-0.3, -0.25) is 19.2 Å². The van der Waals surface area contributed by atoms with Crippen molar-refractivity contribution in [3.05, 3.63) is 105 Å². The van der Waals surface area contributed by atoms with Crippen molar-refractivity contribution < 1.29 is 9.59 Å². The Balaban J connectivity index is 0.00000337. The van der Waals surface area contributed by atoms with Crippen molar-refractivity contribution in [3.8, 4) is 0 Å². The third-order valence-electron chi connectivity index (χ3n) is 7.37. The summed E-state index contributed by atoms with van der Waals surface area (Å²) < 4.78 is 3.90. The van der Waals surface area contributed by atoms with E-state index < -0.39 is 0 Å². The third-order valence-corrected chi connectivity index (χ3v) is 7.37. The molecule has 2 heterocycles. The molecule has 2 N–H and O–H groups in total. The predicted molar refractivity (Wildman–Crippen MR) is 167 cm³/mol. The van der Waals surface area contributed by atoms with Crippen LogP contribution in [0.5, 0.6) is 0 Å². The molecule has 0 aliphatic rings. The highest BCUT2D eigenvalue weighted by Gasteiger charge is 2.13. The van der Waals surface area contributed by atoms with Gasteiger partial charge in [0.2, 0.25) is 11.8 Å². The molecule has 2 amide bonds. The number of fused-ring (bicyclic) bond motifs is 4. The zero-order chi connectivity index (χ0) is 28.0. The van der Waals surface area contributed by atoms with Gasteiger partial charge in [0.05, 0.1) is 22.1 Å². The topological polar surface area (TPSA) is 102 Å². The van der Waals surface area contributed by atoms with Crippen LogP contribution < -0.4 is 21.5 Å². The Hall–Kier alpha value is -4.95. The van der Waals surface area contributed by atoms with Crippen molar-refractivity contribution in [2.45, 2.75) is 12.8 Å². The molecule has 0 spiro atoms. The SMILES string of the molecule is Cl.Cn1c2ccccc2c(=O)c2cc(NC(=O)CCC(=O)Nc3ccc4c(c3)c(=O)c3ccccc3n4C)ccc21. The summed E-state index contributed by atoms with van der Waals surface area (Å²) in [5.41, 5.74) is 3.98. The van der Waals surface area contributed by atoms with Crippen LogP contribution in [-0.4, -0.2) is 20.9 Å². The molecule has 6 aromatic rings. The summed E-state index contributed by atoms with van der Waals surface area (Å²) in [7, 11) is 3.80. The second kappa shape index (κ2) is 10.9. The molecule has 0 bridgehead atoms. The average molecular weight is 567 g/mol. The number of aromatic nitrogens is 2. The van der Waals surface area contributed by atoms with Crippen LogP contribution in [0.3, 0.4) is 0 Å². The van der Waals surface area contributed by atoms with Gasteiger partial charge in [-0.25, -0.2) is 0 Å². The first-order valence-corrected chi connectivity index (χ1v) is 12.9. The van der Waals surface area contributed by atoms with Crippen LogP contribution in [0.4, 0.5) is 11.4 Å². The molecule has 9 heteroatoms. The number of halogens is 1. The third kappa shape index (κ3) is 4.94. The zero-order valence-corrected chi connectivity index (χ0v) is 23.2. The van der Waals surface area contributed by atoms with Crippen LogP contribution in [-0.2, 0) is 23.7 Å². The standard InChI is InChI=1S/C32H26N4O4.ClH/c1-35-25-9-5-3-7-21(25)31(39)23-17-19(11-13-27(23)35)33-29(37)15-16-30(38)34-20-12-14-28-24(18-20)32(40)22-8-4-6-10-26(22)36(28)2;/h3-14,17-18H,15-16H2,1-2H3,(H,33,37)(H,34,38);1H. The van der Waals surface area contributed by atoms with Crippen molar-refractivity contribution >= 4 is 79.2 Å². The Bertz CT molecular complexity index is 1980. The maximum absolute atomic E-state index is 13.1. The molecule has 6 rings (SSSR count). The van der Waals surface area contributed by atoms with E-state index >= 15 is 0 Å². The lowest BCUT2D eigenvalue weighted by atomic mass is 10.1. The highest BCUT2D eigenvalue weighted by molar-refractivity contribution is 6.01. The van der Waals surface area contributed by atoms with E-state index in [1.165, 1.54) is 0 Å². The van der Waals surface area contributed by atoms with Gasteiger partial charge in [0.15, 0.2) is 10.9 Å². The second-order valence-corrected chi connectivity index (χ2v) is 9.87. The molecule has 0 atom stereocenters. The van der Waals surface area contributed by atoms with Crippen LogP contribution in [0.2, 0.25) is 0 Å². The number of anilines is 2. The molecule has 206 valence electrons. The van der Waals surface area contributed by atoms with Crippen molar-refractivity contribution in [1.82, 2.24) is 9.13 Å². The van der Waals surface area contributed by atoms with Crippen LogP contribution in [0.15, 0.2) is 94.5 Å². The van der Waals surface area contributed by atoms with Gasteiger partial charge in [0.1, 0.15) is 0 Å². The van der Waals surface area contributed by atoms with E-state index in [1.54, 1.807) is 48.5 Å². The largest absolute Gasteiger partial charge is 0.343 e. The minimum absolute atomic E-state index is 0. The van der Waals surface area contributed by atoms with Crippen molar-refractivity contribution in [2.75, 3.05) is 10.6 Å². The van der Waals surface area contributed by atoms with Gasteiger partial charge in [-0.1, -0.05) is 24.3 Å². The summed E-state index contributed by atoms with van der Waals surface area (Å²) in [5, 5.41) is 7.81. The van der Waals surface area contributed by atoms with Crippen LogP contribution in [0.1, 0.15) is 12.8 Å². The lowest BCUT2D eigenvalue weighted by molar-refractivity contribution is -0.121. The summed E-state index contributed by atoms with van der Waals surface area (Å²) in [6.45, 7) is 0. The number of carbonyl (C=O) groups excluding carboxylic acids is 2. The van der Waals surface area contributed by atoms with Crippen LogP contribution in [0.25, 0.3) is 43.6 Å². The lowest BCUT2D eigenvalue weighted by Gasteiger charge is -2.12. The van der Waals surface area contributed by atoms with Gasteiger partial charge >= 0.3 is 0 Å². The van der Waals surface area contributed by atoms with E-state index in [9.17, 15) is 19.2 Å². The van der Waals surface area contributed by atoms with Gasteiger partial charge in [-0.15, -0.1) is 12.4 Å². The summed E-state index contributed by atoms with van der Waals surface area (Å²) in [6, 6.07) is 25.2. The van der Waals surface area contributed by atoms with E-state index in [4.69, 9.17) is 0 Å². The van der Waals surface area contributed by atoms with Gasteiger partial charge in [0, 0.05) is 59.9 Å². The maximum atomic E-state index is 13.1. The monoisotopic (exact) mass is 566 g/mol. The highest BCUT2D eigenvalue weighted by atomic mass is 35.5. The summed E-state index contributed by atoms with van der Waals surface area (Å²) >= 11 is 0. The van der Waals surface area contributed by atoms with Gasteiger partial charge in [0.25, 0.3) is 0 Å². The fourth-order valence-corrected chi connectivity index (χ4v) is 5.32. The van der Waals surface area contributed by atoms with Crippen molar-refractivity contribution in [1.29, 1.82) is 0 Å². The molecule has 4 aromatic carbocycles. The number of benzene rings is 4. The van der Waals surface area contributed by atoms with E-state index in [0.717, 1.165) is 22.1 Å². The summed E-state index contributed by atoms with van der Waals surface area (Å²) in [4.78, 5) is 51.4. The summed E-state index contributed by atoms with van der Waals surface area (Å²) in [6.07, 6.45) is -0.0842. The molecular formula is C32H27ClN4O4. The Labute approximate surface area is 240 Å². The molecule has 0 radical (unpaired) electrons. The number of pyridine rings is 2. The molecule has 0 aliphatic carbocycles.